The monoisotopic (exact) mass is 231 g/mol. The Labute approximate surface area is 92.8 Å². The first-order chi connectivity index (χ1) is 7.34. The van der Waals surface area contributed by atoms with Gasteiger partial charge in [-0.2, -0.15) is 5.26 Å². The molecule has 0 bridgehead atoms. The highest BCUT2D eigenvalue weighted by molar-refractivity contribution is 5.83. The first-order valence-electron chi connectivity index (χ1n) is 5.21. The lowest BCUT2D eigenvalue weighted by Crippen LogP contribution is -2.48. The van der Waals surface area contributed by atoms with Gasteiger partial charge in [-0.3, -0.25) is 4.79 Å². The van der Waals surface area contributed by atoms with Gasteiger partial charge in [0.1, 0.15) is 5.54 Å². The van der Waals surface area contributed by atoms with Crippen LogP contribution in [0.2, 0.25) is 0 Å². The normalized spacial score (nSPS) is 19.7. The molecule has 0 unspecified atom stereocenters. The van der Waals surface area contributed by atoms with Gasteiger partial charge in [0, 0.05) is 12.8 Å². The van der Waals surface area contributed by atoms with Gasteiger partial charge in [0.05, 0.1) is 12.1 Å². The molecular formula is C10H15F2N3O. The van der Waals surface area contributed by atoms with Crippen molar-refractivity contribution in [3.63, 3.8) is 0 Å². The molecule has 0 aromatic carbocycles. The number of hydrogen-bond donors (Lipinski definition) is 2. The van der Waals surface area contributed by atoms with Gasteiger partial charge in [0.2, 0.25) is 11.8 Å². The SMILES string of the molecule is CCC(F)(F)C[C@H](N)C(=O)NC1(C#N)CC1. The van der Waals surface area contributed by atoms with Crippen molar-refractivity contribution in [3.8, 4) is 6.07 Å². The number of amides is 1. The molecule has 1 atom stereocenters. The molecule has 0 aromatic heterocycles. The molecule has 16 heavy (non-hydrogen) atoms. The molecule has 0 saturated heterocycles. The predicted octanol–water partition coefficient (Wildman–Crippen LogP) is 0.921. The Morgan fingerprint density at radius 3 is 2.62 bits per heavy atom. The topological polar surface area (TPSA) is 78.9 Å². The molecule has 3 N–H and O–H groups in total. The van der Waals surface area contributed by atoms with E-state index in [1.165, 1.54) is 6.92 Å². The van der Waals surface area contributed by atoms with Crippen LogP contribution >= 0.6 is 0 Å². The average Bonchev–Trinajstić information content (AvgIpc) is 2.98. The van der Waals surface area contributed by atoms with Crippen LogP contribution in [0.1, 0.15) is 32.6 Å². The molecule has 0 radical (unpaired) electrons. The van der Waals surface area contributed by atoms with Crippen molar-refractivity contribution in [2.75, 3.05) is 0 Å². The first kappa shape index (κ1) is 12.8. The third kappa shape index (κ3) is 3.14. The number of carbonyl (C=O) groups is 1. The summed E-state index contributed by atoms with van der Waals surface area (Å²) in [5.41, 5.74) is 4.52. The van der Waals surface area contributed by atoms with Crippen LogP contribution in [0.25, 0.3) is 0 Å². The maximum absolute atomic E-state index is 13.0. The van der Waals surface area contributed by atoms with E-state index in [1.54, 1.807) is 0 Å². The zero-order valence-electron chi connectivity index (χ0n) is 9.09. The van der Waals surface area contributed by atoms with Gasteiger partial charge in [-0.15, -0.1) is 0 Å². The summed E-state index contributed by atoms with van der Waals surface area (Å²) in [7, 11) is 0. The molecule has 1 rings (SSSR count). The summed E-state index contributed by atoms with van der Waals surface area (Å²) >= 11 is 0. The summed E-state index contributed by atoms with van der Waals surface area (Å²) in [4.78, 5) is 11.4. The number of alkyl halides is 2. The largest absolute Gasteiger partial charge is 0.336 e. The van der Waals surface area contributed by atoms with Crippen LogP contribution in [0.15, 0.2) is 0 Å². The van der Waals surface area contributed by atoms with E-state index in [0.29, 0.717) is 12.8 Å². The highest BCUT2D eigenvalue weighted by atomic mass is 19.3. The van der Waals surface area contributed by atoms with Gasteiger partial charge in [0.15, 0.2) is 0 Å². The van der Waals surface area contributed by atoms with E-state index in [1.807, 2.05) is 6.07 Å². The van der Waals surface area contributed by atoms with Gasteiger partial charge in [-0.25, -0.2) is 8.78 Å². The Kier molecular flexibility index (Phi) is 3.48. The second kappa shape index (κ2) is 4.34. The molecule has 1 fully saturated rings. The minimum Gasteiger partial charge on any atom is -0.336 e. The molecule has 1 saturated carbocycles. The zero-order valence-corrected chi connectivity index (χ0v) is 9.09. The minimum absolute atomic E-state index is 0.350. The summed E-state index contributed by atoms with van der Waals surface area (Å²) in [6.45, 7) is 1.34. The second-order valence-electron chi connectivity index (χ2n) is 4.20. The average molecular weight is 231 g/mol. The Morgan fingerprint density at radius 1 is 1.69 bits per heavy atom. The van der Waals surface area contributed by atoms with Crippen molar-refractivity contribution < 1.29 is 13.6 Å². The van der Waals surface area contributed by atoms with E-state index in [2.05, 4.69) is 5.32 Å². The maximum Gasteiger partial charge on any atom is 0.249 e. The summed E-state index contributed by atoms with van der Waals surface area (Å²) in [6.07, 6.45) is 0.0898. The summed E-state index contributed by atoms with van der Waals surface area (Å²) in [5, 5.41) is 11.1. The van der Waals surface area contributed by atoms with E-state index < -0.39 is 29.8 Å². The van der Waals surface area contributed by atoms with Crippen LogP contribution in [-0.4, -0.2) is 23.4 Å². The molecule has 1 amide bonds. The quantitative estimate of drug-likeness (QED) is 0.738. The van der Waals surface area contributed by atoms with Gasteiger partial charge in [0.25, 0.3) is 0 Å². The molecular weight excluding hydrogens is 216 g/mol. The van der Waals surface area contributed by atoms with Crippen molar-refractivity contribution in [2.45, 2.75) is 50.1 Å². The van der Waals surface area contributed by atoms with Gasteiger partial charge >= 0.3 is 0 Å². The van der Waals surface area contributed by atoms with E-state index in [0.717, 1.165) is 0 Å². The van der Waals surface area contributed by atoms with Crippen molar-refractivity contribution in [3.05, 3.63) is 0 Å². The Hall–Kier alpha value is -1.22. The Balaban J connectivity index is 2.46. The molecule has 1 aliphatic rings. The molecule has 90 valence electrons. The van der Waals surface area contributed by atoms with Crippen molar-refractivity contribution >= 4 is 5.91 Å². The lowest BCUT2D eigenvalue weighted by Gasteiger charge is -2.19. The van der Waals surface area contributed by atoms with Crippen LogP contribution in [0.3, 0.4) is 0 Å². The summed E-state index contributed by atoms with van der Waals surface area (Å²) in [6, 6.07) is 0.677. The molecule has 0 aliphatic heterocycles. The fraction of sp³-hybridized carbons (Fsp3) is 0.800. The number of nitrogens with two attached hydrogens (primary N) is 1. The van der Waals surface area contributed by atoms with Crippen LogP contribution in [0.4, 0.5) is 8.78 Å². The maximum atomic E-state index is 13.0. The highest BCUT2D eigenvalue weighted by Crippen LogP contribution is 2.34. The molecule has 0 spiro atoms. The standard InChI is InChI=1S/C10H15F2N3O/c1-2-10(11,12)5-7(14)8(16)15-9(6-13)3-4-9/h7H,2-5,14H2,1H3,(H,15,16)/t7-/m0/s1. The van der Waals surface area contributed by atoms with Gasteiger partial charge in [-0.05, 0) is 12.8 Å². The minimum atomic E-state index is -2.93. The Morgan fingerprint density at radius 2 is 2.25 bits per heavy atom. The van der Waals surface area contributed by atoms with E-state index in [4.69, 9.17) is 11.0 Å². The fourth-order valence-corrected chi connectivity index (χ4v) is 1.28. The van der Waals surface area contributed by atoms with E-state index in [-0.39, 0.29) is 6.42 Å². The molecule has 1 aliphatic carbocycles. The summed E-state index contributed by atoms with van der Waals surface area (Å²) in [5.74, 6) is -3.60. The number of carbonyl (C=O) groups excluding carboxylic acids is 1. The second-order valence-corrected chi connectivity index (χ2v) is 4.20. The lowest BCUT2D eigenvalue weighted by atomic mass is 10.1. The van der Waals surface area contributed by atoms with Crippen LogP contribution < -0.4 is 11.1 Å². The molecule has 0 aromatic rings. The highest BCUT2D eigenvalue weighted by Gasteiger charge is 2.46. The van der Waals surface area contributed by atoms with Gasteiger partial charge in [-0.1, -0.05) is 6.92 Å². The van der Waals surface area contributed by atoms with E-state index >= 15 is 0 Å². The first-order valence-corrected chi connectivity index (χ1v) is 5.21. The molecule has 0 heterocycles. The smallest absolute Gasteiger partial charge is 0.249 e. The number of rotatable bonds is 5. The number of nitrogens with one attached hydrogen (secondary N) is 1. The summed E-state index contributed by atoms with van der Waals surface area (Å²) < 4.78 is 25.9. The van der Waals surface area contributed by atoms with Gasteiger partial charge < -0.3 is 11.1 Å². The number of nitriles is 1. The van der Waals surface area contributed by atoms with Crippen LogP contribution in [0.5, 0.6) is 0 Å². The third-order valence-electron chi connectivity index (χ3n) is 2.70. The molecule has 6 heteroatoms. The predicted molar refractivity (Wildman–Crippen MR) is 53.6 cm³/mol. The van der Waals surface area contributed by atoms with Crippen LogP contribution in [-0.2, 0) is 4.79 Å². The number of hydrogen-bond acceptors (Lipinski definition) is 3. The van der Waals surface area contributed by atoms with Crippen molar-refractivity contribution in [1.29, 1.82) is 5.26 Å². The number of halogens is 2. The zero-order chi connectivity index (χ0) is 12.4. The molecule has 4 nitrogen and oxygen atoms in total. The third-order valence-corrected chi connectivity index (χ3v) is 2.70. The number of nitrogens with zero attached hydrogens (tertiary/aromatic N) is 1. The van der Waals surface area contributed by atoms with Crippen molar-refractivity contribution in [2.24, 2.45) is 5.73 Å². The Bertz CT molecular complexity index is 321. The van der Waals surface area contributed by atoms with Crippen LogP contribution in [0, 0.1) is 11.3 Å². The lowest BCUT2D eigenvalue weighted by molar-refractivity contribution is -0.125. The van der Waals surface area contributed by atoms with E-state index in [9.17, 15) is 13.6 Å². The fourth-order valence-electron chi connectivity index (χ4n) is 1.28. The van der Waals surface area contributed by atoms with Crippen molar-refractivity contribution in [1.82, 2.24) is 5.32 Å².